The van der Waals surface area contributed by atoms with Crippen LogP contribution in [0.3, 0.4) is 0 Å². The lowest BCUT2D eigenvalue weighted by Crippen LogP contribution is -2.30. The van der Waals surface area contributed by atoms with Gasteiger partial charge in [0.25, 0.3) is 0 Å². The van der Waals surface area contributed by atoms with Crippen molar-refractivity contribution in [1.29, 1.82) is 0 Å². The third-order valence-corrected chi connectivity index (χ3v) is 3.44. The topological polar surface area (TPSA) is 17.6 Å². The molecule has 118 valence electrons. The standard InChI is InChI=1S/C9H17N2.C8H15N2/c1-3-4-5-6-11-8-7-10(2)9-11;1-3-5-10-7-6-9(4-2)8-10/h7-9H,3-6H2,1-2H3;6-8H,3-5H2,1-2H3/q2*+1. The Hall–Kier alpha value is -1.58. The third kappa shape index (κ3) is 7.11. The van der Waals surface area contributed by atoms with Gasteiger partial charge in [-0.3, -0.25) is 0 Å². The summed E-state index contributed by atoms with van der Waals surface area (Å²) >= 11 is 0. The van der Waals surface area contributed by atoms with Gasteiger partial charge in [-0.15, -0.1) is 0 Å². The van der Waals surface area contributed by atoms with E-state index in [4.69, 9.17) is 0 Å². The van der Waals surface area contributed by atoms with Crippen molar-refractivity contribution >= 4 is 0 Å². The van der Waals surface area contributed by atoms with E-state index in [9.17, 15) is 0 Å². The number of imidazole rings is 2. The third-order valence-electron chi connectivity index (χ3n) is 3.44. The molecule has 4 nitrogen and oxygen atoms in total. The van der Waals surface area contributed by atoms with Crippen molar-refractivity contribution in [2.45, 2.75) is 66.1 Å². The average Bonchev–Trinajstić information content (AvgIpc) is 3.09. The minimum atomic E-state index is 1.07. The number of rotatable bonds is 7. The zero-order valence-corrected chi connectivity index (χ0v) is 14.2. The van der Waals surface area contributed by atoms with Crippen LogP contribution >= 0.6 is 0 Å². The molecule has 2 aromatic heterocycles. The Bertz CT molecular complexity index is 484. The molecule has 21 heavy (non-hydrogen) atoms. The van der Waals surface area contributed by atoms with Crippen LogP contribution in [0.5, 0.6) is 0 Å². The van der Waals surface area contributed by atoms with Gasteiger partial charge in [0.05, 0.1) is 26.7 Å². The zero-order chi connectivity index (χ0) is 15.5. The summed E-state index contributed by atoms with van der Waals surface area (Å²) in [5.41, 5.74) is 0. The van der Waals surface area contributed by atoms with E-state index < -0.39 is 0 Å². The highest BCUT2D eigenvalue weighted by molar-refractivity contribution is 4.65. The molecule has 0 atom stereocenters. The largest absolute Gasteiger partial charge is 0.243 e. The lowest BCUT2D eigenvalue weighted by atomic mass is 10.2. The molecule has 0 fully saturated rings. The highest BCUT2D eigenvalue weighted by Gasteiger charge is 1.98. The van der Waals surface area contributed by atoms with Gasteiger partial charge >= 0.3 is 0 Å². The SMILES string of the molecule is CCCCCn1cc[n+](C)c1.CCC[n+]1ccn(CC)c1. The Morgan fingerprint density at radius 1 is 0.857 bits per heavy atom. The molecule has 0 unspecified atom stereocenters. The summed E-state index contributed by atoms with van der Waals surface area (Å²) in [6.07, 6.45) is 17.8. The smallest absolute Gasteiger partial charge is 0.240 e. The van der Waals surface area contributed by atoms with E-state index in [0.717, 1.165) is 19.6 Å². The second-order valence-electron chi connectivity index (χ2n) is 5.51. The number of nitrogens with zero attached hydrogens (tertiary/aromatic N) is 4. The lowest BCUT2D eigenvalue weighted by molar-refractivity contribution is -0.696. The van der Waals surface area contributed by atoms with Crippen LogP contribution in [-0.4, -0.2) is 9.13 Å². The van der Waals surface area contributed by atoms with Crippen molar-refractivity contribution in [3.05, 3.63) is 37.4 Å². The molecule has 0 aliphatic rings. The predicted molar refractivity (Wildman–Crippen MR) is 85.7 cm³/mol. The summed E-state index contributed by atoms with van der Waals surface area (Å²) in [5, 5.41) is 0. The number of aromatic nitrogens is 4. The lowest BCUT2D eigenvalue weighted by Gasteiger charge is -1.93. The van der Waals surface area contributed by atoms with Gasteiger partial charge < -0.3 is 0 Å². The Morgan fingerprint density at radius 3 is 2.14 bits per heavy atom. The van der Waals surface area contributed by atoms with Crippen LogP contribution in [0, 0.1) is 0 Å². The van der Waals surface area contributed by atoms with Gasteiger partial charge in [-0.05, 0) is 26.2 Å². The van der Waals surface area contributed by atoms with Crippen molar-refractivity contribution in [2.24, 2.45) is 7.05 Å². The van der Waals surface area contributed by atoms with E-state index in [-0.39, 0.29) is 0 Å². The van der Waals surface area contributed by atoms with Gasteiger partial charge in [0.1, 0.15) is 24.8 Å². The van der Waals surface area contributed by atoms with Crippen LogP contribution in [0.2, 0.25) is 0 Å². The van der Waals surface area contributed by atoms with Crippen LogP contribution < -0.4 is 9.13 Å². The summed E-state index contributed by atoms with van der Waals surface area (Å²) in [4.78, 5) is 0. The highest BCUT2D eigenvalue weighted by Crippen LogP contribution is 1.96. The molecule has 0 spiro atoms. The molecule has 0 aliphatic heterocycles. The second kappa shape index (κ2) is 10.2. The van der Waals surface area contributed by atoms with Gasteiger partial charge in [-0.1, -0.05) is 20.3 Å². The normalized spacial score (nSPS) is 10.3. The first kappa shape index (κ1) is 17.5. The first-order valence-electron chi connectivity index (χ1n) is 8.25. The fourth-order valence-corrected chi connectivity index (χ4v) is 2.19. The summed E-state index contributed by atoms with van der Waals surface area (Å²) in [6, 6.07) is 0. The molecule has 2 aromatic rings. The minimum absolute atomic E-state index is 1.07. The Morgan fingerprint density at radius 2 is 1.62 bits per heavy atom. The number of hydrogen-bond donors (Lipinski definition) is 0. The van der Waals surface area contributed by atoms with Crippen molar-refractivity contribution in [1.82, 2.24) is 9.13 Å². The fraction of sp³-hybridized carbons (Fsp3) is 0.647. The Labute approximate surface area is 129 Å². The molecule has 0 N–H and O–H groups in total. The Kier molecular flexibility index (Phi) is 8.48. The first-order chi connectivity index (χ1) is 10.2. The van der Waals surface area contributed by atoms with E-state index in [1.54, 1.807) is 0 Å². The molecule has 0 radical (unpaired) electrons. The second-order valence-corrected chi connectivity index (χ2v) is 5.51. The van der Waals surface area contributed by atoms with Crippen molar-refractivity contribution in [2.75, 3.05) is 0 Å². The summed E-state index contributed by atoms with van der Waals surface area (Å²) in [5.74, 6) is 0. The zero-order valence-electron chi connectivity index (χ0n) is 14.2. The number of unbranched alkanes of at least 4 members (excludes halogenated alkanes) is 2. The molecule has 0 aromatic carbocycles. The highest BCUT2D eigenvalue weighted by atomic mass is 15.1. The van der Waals surface area contributed by atoms with Gasteiger partial charge in [0.15, 0.2) is 0 Å². The summed E-state index contributed by atoms with van der Waals surface area (Å²) < 4.78 is 8.70. The molecular formula is C17H32N4+2. The summed E-state index contributed by atoms with van der Waals surface area (Å²) in [6.45, 7) is 9.93. The van der Waals surface area contributed by atoms with Gasteiger partial charge in [0.2, 0.25) is 12.7 Å². The predicted octanol–water partition coefficient (Wildman–Crippen LogP) is 2.71. The molecule has 4 heteroatoms. The summed E-state index contributed by atoms with van der Waals surface area (Å²) in [7, 11) is 2.05. The first-order valence-corrected chi connectivity index (χ1v) is 8.25. The quantitative estimate of drug-likeness (QED) is 0.552. The van der Waals surface area contributed by atoms with E-state index >= 15 is 0 Å². The van der Waals surface area contributed by atoms with Crippen LogP contribution in [0.1, 0.15) is 46.5 Å². The van der Waals surface area contributed by atoms with Gasteiger partial charge in [0, 0.05) is 0 Å². The maximum absolute atomic E-state index is 2.23. The van der Waals surface area contributed by atoms with Crippen molar-refractivity contribution < 1.29 is 9.13 Å². The van der Waals surface area contributed by atoms with E-state index in [0.29, 0.717) is 0 Å². The van der Waals surface area contributed by atoms with E-state index in [2.05, 4.69) is 83.5 Å². The molecule has 0 saturated heterocycles. The molecule has 0 bridgehead atoms. The molecule has 0 saturated carbocycles. The van der Waals surface area contributed by atoms with Crippen LogP contribution in [0.15, 0.2) is 37.4 Å². The average molecular weight is 292 g/mol. The maximum atomic E-state index is 2.23. The molecule has 0 amide bonds. The molecule has 2 heterocycles. The van der Waals surface area contributed by atoms with Gasteiger partial charge in [-0.2, -0.15) is 0 Å². The molecular weight excluding hydrogens is 260 g/mol. The van der Waals surface area contributed by atoms with Crippen LogP contribution in [0.25, 0.3) is 0 Å². The number of hydrogen-bond acceptors (Lipinski definition) is 0. The molecule has 2 rings (SSSR count). The van der Waals surface area contributed by atoms with Crippen molar-refractivity contribution in [3.8, 4) is 0 Å². The van der Waals surface area contributed by atoms with Crippen molar-refractivity contribution in [3.63, 3.8) is 0 Å². The van der Waals surface area contributed by atoms with Crippen LogP contribution in [0.4, 0.5) is 0 Å². The van der Waals surface area contributed by atoms with E-state index in [1.807, 2.05) is 0 Å². The van der Waals surface area contributed by atoms with E-state index in [1.165, 1.54) is 25.7 Å². The molecule has 0 aliphatic carbocycles. The van der Waals surface area contributed by atoms with Crippen LogP contribution in [-0.2, 0) is 26.7 Å². The fourth-order valence-electron chi connectivity index (χ4n) is 2.19. The number of aryl methyl sites for hydroxylation is 4. The Balaban J connectivity index is 0.000000211. The monoisotopic (exact) mass is 292 g/mol. The van der Waals surface area contributed by atoms with Gasteiger partial charge in [-0.25, -0.2) is 18.3 Å². The maximum Gasteiger partial charge on any atom is 0.243 e. The minimum Gasteiger partial charge on any atom is -0.240 e.